The van der Waals surface area contributed by atoms with Crippen LogP contribution in [-0.4, -0.2) is 36.8 Å². The number of thioether (sulfide) groups is 1. The number of para-hydroxylation sites is 1. The van der Waals surface area contributed by atoms with E-state index in [-0.39, 0.29) is 11.1 Å². The number of halogens is 1. The quantitative estimate of drug-likeness (QED) is 0.564. The predicted molar refractivity (Wildman–Crippen MR) is 109 cm³/mol. The van der Waals surface area contributed by atoms with Crippen LogP contribution >= 0.6 is 23.4 Å². The monoisotopic (exact) mass is 393 g/mol. The molecule has 0 spiro atoms. The van der Waals surface area contributed by atoms with E-state index in [9.17, 15) is 9.59 Å². The Balaban J connectivity index is 1.82. The van der Waals surface area contributed by atoms with Crippen LogP contribution < -0.4 is 15.5 Å². The maximum absolute atomic E-state index is 11.9. The number of imide groups is 1. The smallest absolute Gasteiger partial charge is 0.290 e. The lowest BCUT2D eigenvalue weighted by molar-refractivity contribution is -0.115. The fraction of sp³-hybridized carbons (Fsp3) is 0.474. The number of hydrogen-bond acceptors (Lipinski definition) is 5. The van der Waals surface area contributed by atoms with Crippen LogP contribution in [-0.2, 0) is 4.79 Å². The zero-order chi connectivity index (χ0) is 18.5. The molecule has 1 atom stereocenters. The van der Waals surface area contributed by atoms with Gasteiger partial charge in [-0.15, -0.1) is 0 Å². The molecule has 2 fully saturated rings. The van der Waals surface area contributed by atoms with Gasteiger partial charge in [0.1, 0.15) is 0 Å². The van der Waals surface area contributed by atoms with Crippen LogP contribution in [0.25, 0.3) is 6.08 Å². The highest BCUT2D eigenvalue weighted by Gasteiger charge is 2.27. The van der Waals surface area contributed by atoms with Gasteiger partial charge in [0.15, 0.2) is 0 Å². The molecule has 2 amide bonds. The number of anilines is 1. The van der Waals surface area contributed by atoms with Crippen molar-refractivity contribution in [2.24, 2.45) is 0 Å². The van der Waals surface area contributed by atoms with Crippen LogP contribution in [0.15, 0.2) is 23.1 Å². The fourth-order valence-corrected chi connectivity index (χ4v) is 4.35. The molecule has 2 N–H and O–H groups in total. The van der Waals surface area contributed by atoms with Gasteiger partial charge in [0.05, 0.1) is 15.6 Å². The first-order chi connectivity index (χ1) is 12.6. The molecule has 0 unspecified atom stereocenters. The number of carbonyl (C=O) groups excluding carboxylic acids is 2. The topological polar surface area (TPSA) is 61.4 Å². The van der Waals surface area contributed by atoms with Gasteiger partial charge in [-0.2, -0.15) is 0 Å². The number of amides is 2. The second-order valence-corrected chi connectivity index (χ2v) is 8.04. The van der Waals surface area contributed by atoms with Gasteiger partial charge in [0.2, 0.25) is 0 Å². The van der Waals surface area contributed by atoms with E-state index in [1.807, 2.05) is 18.2 Å². The van der Waals surface area contributed by atoms with E-state index in [0.29, 0.717) is 16.0 Å². The van der Waals surface area contributed by atoms with Gasteiger partial charge < -0.3 is 10.2 Å². The maximum atomic E-state index is 11.9. The zero-order valence-electron chi connectivity index (χ0n) is 14.9. The van der Waals surface area contributed by atoms with Crippen LogP contribution in [0.5, 0.6) is 0 Å². The molecule has 0 aromatic heterocycles. The zero-order valence-corrected chi connectivity index (χ0v) is 16.5. The molecule has 5 nitrogen and oxygen atoms in total. The minimum absolute atomic E-state index is 0.331. The van der Waals surface area contributed by atoms with Crippen molar-refractivity contribution in [1.29, 1.82) is 0 Å². The number of hydrogen-bond donors (Lipinski definition) is 2. The van der Waals surface area contributed by atoms with Gasteiger partial charge in [-0.1, -0.05) is 37.1 Å². The van der Waals surface area contributed by atoms with Crippen LogP contribution in [0.4, 0.5) is 10.5 Å². The molecule has 2 aliphatic heterocycles. The van der Waals surface area contributed by atoms with Crippen LogP contribution in [0.1, 0.15) is 38.2 Å². The molecule has 1 aromatic rings. The highest BCUT2D eigenvalue weighted by Crippen LogP contribution is 2.35. The Labute approximate surface area is 163 Å². The van der Waals surface area contributed by atoms with Crippen LogP contribution in [0.2, 0.25) is 5.02 Å². The van der Waals surface area contributed by atoms with Crippen molar-refractivity contribution in [1.82, 2.24) is 10.6 Å². The maximum Gasteiger partial charge on any atom is 0.290 e. The molecule has 3 rings (SSSR count). The average Bonchev–Trinajstić information content (AvgIpc) is 2.93. The number of nitrogens with zero attached hydrogens (tertiary/aromatic N) is 1. The third kappa shape index (κ3) is 4.61. The van der Waals surface area contributed by atoms with E-state index in [2.05, 4.69) is 22.5 Å². The summed E-state index contributed by atoms with van der Waals surface area (Å²) < 4.78 is 0. The third-order valence-electron chi connectivity index (χ3n) is 4.65. The highest BCUT2D eigenvalue weighted by molar-refractivity contribution is 8.18. The number of rotatable bonds is 6. The van der Waals surface area contributed by atoms with Gasteiger partial charge in [-0.25, -0.2) is 0 Å². The fourth-order valence-electron chi connectivity index (χ4n) is 3.37. The van der Waals surface area contributed by atoms with E-state index >= 15 is 0 Å². The Kier molecular flexibility index (Phi) is 6.62. The Bertz CT molecular complexity index is 723. The Morgan fingerprint density at radius 1 is 1.42 bits per heavy atom. The summed E-state index contributed by atoms with van der Waals surface area (Å²) >= 11 is 7.45. The van der Waals surface area contributed by atoms with E-state index in [1.165, 1.54) is 12.8 Å². The van der Waals surface area contributed by atoms with Crippen molar-refractivity contribution in [3.05, 3.63) is 33.7 Å². The molecular formula is C19H24ClN3O2S. The number of nitrogens with one attached hydrogen (secondary N) is 2. The number of piperidine rings is 1. The molecule has 2 aliphatic rings. The first-order valence-electron chi connectivity index (χ1n) is 9.10. The van der Waals surface area contributed by atoms with Gasteiger partial charge in [-0.3, -0.25) is 14.9 Å². The first kappa shape index (κ1) is 19.3. The van der Waals surface area contributed by atoms with Gasteiger partial charge in [0.25, 0.3) is 11.1 Å². The van der Waals surface area contributed by atoms with E-state index in [4.69, 9.17) is 11.6 Å². The van der Waals surface area contributed by atoms with Crippen molar-refractivity contribution >= 4 is 46.3 Å². The molecule has 7 heteroatoms. The van der Waals surface area contributed by atoms with Crippen molar-refractivity contribution in [3.63, 3.8) is 0 Å². The largest absolute Gasteiger partial charge is 0.368 e. The summed E-state index contributed by atoms with van der Waals surface area (Å²) in [7, 11) is 0. The lowest BCUT2D eigenvalue weighted by atomic mass is 10.0. The minimum atomic E-state index is -0.344. The van der Waals surface area contributed by atoms with Gasteiger partial charge in [-0.05, 0) is 49.7 Å². The summed E-state index contributed by atoms with van der Waals surface area (Å²) in [6.45, 7) is 5.06. The van der Waals surface area contributed by atoms with Crippen molar-refractivity contribution < 1.29 is 9.59 Å². The second-order valence-electron chi connectivity index (χ2n) is 6.62. The standard InChI is InChI=1S/C19H24ClN3O2S/c1-2-3-9-21-14-7-5-10-23(12-14)17-13(6-4-8-15(17)20)11-16-18(24)22-19(25)26-16/h4,6,8,11,14,21H,2-3,5,7,9-10,12H2,1H3,(H,22,24,25)/b16-11-/t14-/m1/s1. The second kappa shape index (κ2) is 8.93. The van der Waals surface area contributed by atoms with Crippen molar-refractivity contribution in [2.75, 3.05) is 24.5 Å². The van der Waals surface area contributed by atoms with E-state index < -0.39 is 0 Å². The first-order valence-corrected chi connectivity index (χ1v) is 10.3. The summed E-state index contributed by atoms with van der Waals surface area (Å²) in [5.74, 6) is -0.344. The molecule has 0 bridgehead atoms. The van der Waals surface area contributed by atoms with Crippen LogP contribution in [0.3, 0.4) is 0 Å². The lowest BCUT2D eigenvalue weighted by Gasteiger charge is -2.36. The molecule has 2 saturated heterocycles. The molecule has 0 radical (unpaired) electrons. The Morgan fingerprint density at radius 2 is 2.27 bits per heavy atom. The Morgan fingerprint density at radius 3 is 3.00 bits per heavy atom. The van der Waals surface area contributed by atoms with E-state index in [0.717, 1.165) is 55.5 Å². The summed E-state index contributed by atoms with van der Waals surface area (Å²) in [6, 6.07) is 6.13. The molecule has 0 saturated carbocycles. The summed E-state index contributed by atoms with van der Waals surface area (Å²) in [5, 5.41) is 6.27. The van der Waals surface area contributed by atoms with Gasteiger partial charge in [0, 0.05) is 24.7 Å². The number of benzene rings is 1. The van der Waals surface area contributed by atoms with Crippen molar-refractivity contribution in [2.45, 2.75) is 38.6 Å². The highest BCUT2D eigenvalue weighted by atomic mass is 35.5. The minimum Gasteiger partial charge on any atom is -0.368 e. The average molecular weight is 394 g/mol. The number of carbonyl (C=O) groups is 2. The SMILES string of the molecule is CCCCN[C@@H]1CCCN(c2c(Cl)cccc2/C=C2\SC(=O)NC2=O)C1. The Hall–Kier alpha value is -1.50. The molecule has 1 aromatic carbocycles. The summed E-state index contributed by atoms with van der Waals surface area (Å²) in [5.41, 5.74) is 1.82. The predicted octanol–water partition coefficient (Wildman–Crippen LogP) is 4.02. The lowest BCUT2D eigenvalue weighted by Crippen LogP contribution is -2.46. The van der Waals surface area contributed by atoms with E-state index in [1.54, 1.807) is 6.08 Å². The van der Waals surface area contributed by atoms with Gasteiger partial charge >= 0.3 is 0 Å². The summed E-state index contributed by atoms with van der Waals surface area (Å²) in [4.78, 5) is 26.0. The normalized spacial score (nSPS) is 22.2. The van der Waals surface area contributed by atoms with Crippen LogP contribution in [0, 0.1) is 0 Å². The molecule has 26 heavy (non-hydrogen) atoms. The summed E-state index contributed by atoms with van der Waals surface area (Å²) in [6.07, 6.45) is 6.39. The number of unbranched alkanes of at least 4 members (excludes halogenated alkanes) is 1. The third-order valence-corrected chi connectivity index (χ3v) is 5.76. The molecule has 0 aliphatic carbocycles. The van der Waals surface area contributed by atoms with Crippen molar-refractivity contribution in [3.8, 4) is 0 Å². The molecule has 2 heterocycles. The molecule has 140 valence electrons. The molecular weight excluding hydrogens is 370 g/mol.